The summed E-state index contributed by atoms with van der Waals surface area (Å²) < 4.78 is 34.2. The predicted molar refractivity (Wildman–Crippen MR) is 215 cm³/mol. The molecule has 0 heterocycles. The fraction of sp³-hybridized carbons (Fsp3) is 0.857. The van der Waals surface area contributed by atoms with Gasteiger partial charge in [-0.25, -0.2) is 4.57 Å². The maximum atomic E-state index is 12.6. The third kappa shape index (κ3) is 38.2. The van der Waals surface area contributed by atoms with Crippen molar-refractivity contribution in [2.75, 3.05) is 47.5 Å². The van der Waals surface area contributed by atoms with Gasteiger partial charge in [0, 0.05) is 12.8 Å². The highest BCUT2D eigenvalue weighted by molar-refractivity contribution is 7.47. The predicted octanol–water partition coefficient (Wildman–Crippen LogP) is 11.6. The summed E-state index contributed by atoms with van der Waals surface area (Å²) in [5.74, 6) is -0.812. The molecule has 2 atom stereocenters. The number of hydrogen-bond acceptors (Lipinski definition) is 7. The number of carbonyl (C=O) groups is 2. The number of nitrogens with zero attached hydrogens (tertiary/aromatic N) is 1. The average molecular weight is 759 g/mol. The van der Waals surface area contributed by atoms with Gasteiger partial charge in [-0.2, -0.15) is 0 Å². The second-order valence-electron chi connectivity index (χ2n) is 15.4. The van der Waals surface area contributed by atoms with Gasteiger partial charge in [0.1, 0.15) is 19.8 Å². The molecule has 0 spiro atoms. The second kappa shape index (κ2) is 35.2. The van der Waals surface area contributed by atoms with Crippen molar-refractivity contribution in [2.45, 2.75) is 187 Å². The van der Waals surface area contributed by atoms with E-state index in [1.165, 1.54) is 89.9 Å². The number of phosphoric acid groups is 1. The standard InChI is InChI=1S/C42H80NO8P/c1-6-8-10-12-14-16-18-20-21-23-25-27-29-31-33-35-42(45)51-40(39-50-52(46,47)49-37-36-43(3,4)5)38-48-41(44)34-32-30-28-26-24-22-19-17-15-13-11-9-7-2/h16,18,20-21,40H,6-15,17,19,22-39H2,1-5H3/p+1/b18-16+,21-20+/t40-/m1/s1. The SMILES string of the molecule is CCCCCC/C=C/C=C/CCCCCCCC(=O)O[C@H](COC(=O)CCCCCCCCCCCCCCC)COP(=O)(O)OCC[N+](C)(C)C. The van der Waals surface area contributed by atoms with Crippen LogP contribution in [-0.4, -0.2) is 74.9 Å². The Bertz CT molecular complexity index is 949. The van der Waals surface area contributed by atoms with Crippen LogP contribution in [0, 0.1) is 0 Å². The molecule has 10 heteroatoms. The fourth-order valence-corrected chi connectivity index (χ4v) is 6.39. The van der Waals surface area contributed by atoms with E-state index in [0.717, 1.165) is 57.8 Å². The van der Waals surface area contributed by atoms with Crippen LogP contribution >= 0.6 is 7.82 Å². The van der Waals surface area contributed by atoms with E-state index in [1.807, 2.05) is 21.1 Å². The number of ether oxygens (including phenoxy) is 2. The topological polar surface area (TPSA) is 108 Å². The van der Waals surface area contributed by atoms with E-state index in [0.29, 0.717) is 17.4 Å². The number of quaternary nitrogens is 1. The van der Waals surface area contributed by atoms with Gasteiger partial charge < -0.3 is 18.9 Å². The zero-order valence-electron chi connectivity index (χ0n) is 34.3. The average Bonchev–Trinajstić information content (AvgIpc) is 3.09. The van der Waals surface area contributed by atoms with Crippen molar-refractivity contribution in [1.82, 2.24) is 0 Å². The highest BCUT2D eigenvalue weighted by atomic mass is 31.2. The van der Waals surface area contributed by atoms with Crippen LogP contribution in [0.2, 0.25) is 0 Å². The number of phosphoric ester groups is 1. The third-order valence-corrected chi connectivity index (χ3v) is 10.00. The highest BCUT2D eigenvalue weighted by Gasteiger charge is 2.27. The minimum atomic E-state index is -4.37. The Kier molecular flexibility index (Phi) is 34.2. The van der Waals surface area contributed by atoms with Gasteiger partial charge in [-0.15, -0.1) is 0 Å². The number of rotatable bonds is 38. The molecule has 0 aromatic rings. The van der Waals surface area contributed by atoms with Gasteiger partial charge in [0.25, 0.3) is 0 Å². The zero-order chi connectivity index (χ0) is 38.6. The van der Waals surface area contributed by atoms with E-state index in [4.69, 9.17) is 18.5 Å². The summed E-state index contributed by atoms with van der Waals surface area (Å²) in [6, 6.07) is 0. The molecule has 1 unspecified atom stereocenters. The number of unbranched alkanes of at least 4 members (excludes halogenated alkanes) is 21. The molecule has 0 amide bonds. The van der Waals surface area contributed by atoms with Crippen molar-refractivity contribution in [3.63, 3.8) is 0 Å². The molecule has 0 radical (unpaired) electrons. The molecular weight excluding hydrogens is 677 g/mol. The Balaban J connectivity index is 4.41. The van der Waals surface area contributed by atoms with Gasteiger partial charge in [0.05, 0.1) is 27.7 Å². The summed E-state index contributed by atoms with van der Waals surface area (Å²) in [5, 5.41) is 0. The summed E-state index contributed by atoms with van der Waals surface area (Å²) in [4.78, 5) is 35.3. The molecule has 0 saturated heterocycles. The molecule has 0 rings (SSSR count). The molecule has 1 N–H and O–H groups in total. The molecule has 52 heavy (non-hydrogen) atoms. The smallest absolute Gasteiger partial charge is 0.462 e. The minimum absolute atomic E-state index is 0.0301. The molecule has 306 valence electrons. The molecule has 9 nitrogen and oxygen atoms in total. The Morgan fingerprint density at radius 1 is 0.596 bits per heavy atom. The van der Waals surface area contributed by atoms with Crippen molar-refractivity contribution in [1.29, 1.82) is 0 Å². The van der Waals surface area contributed by atoms with Crippen LogP contribution in [-0.2, 0) is 32.7 Å². The van der Waals surface area contributed by atoms with Crippen LogP contribution in [0.5, 0.6) is 0 Å². The molecule has 0 saturated carbocycles. The first-order valence-electron chi connectivity index (χ1n) is 21.1. The van der Waals surface area contributed by atoms with E-state index in [-0.39, 0.29) is 32.0 Å². The number of hydrogen-bond donors (Lipinski definition) is 1. The van der Waals surface area contributed by atoms with Gasteiger partial charge in [-0.1, -0.05) is 154 Å². The fourth-order valence-electron chi connectivity index (χ4n) is 5.65. The van der Waals surface area contributed by atoms with Gasteiger partial charge >= 0.3 is 19.8 Å². The Hall–Kier alpha value is -1.51. The van der Waals surface area contributed by atoms with E-state index < -0.39 is 26.5 Å². The van der Waals surface area contributed by atoms with E-state index in [1.54, 1.807) is 0 Å². The van der Waals surface area contributed by atoms with E-state index in [9.17, 15) is 19.0 Å². The summed E-state index contributed by atoms with van der Waals surface area (Å²) in [6.45, 7) is 4.38. The summed E-state index contributed by atoms with van der Waals surface area (Å²) >= 11 is 0. The summed E-state index contributed by atoms with van der Waals surface area (Å²) in [5.41, 5.74) is 0. The van der Waals surface area contributed by atoms with Crippen molar-refractivity contribution in [2.24, 2.45) is 0 Å². The molecular formula is C42H81NO8P+. The summed E-state index contributed by atoms with van der Waals surface area (Å²) in [6.07, 6.45) is 36.4. The molecule has 0 aliphatic carbocycles. The normalized spacial score (nSPS) is 13.9. The van der Waals surface area contributed by atoms with Crippen LogP contribution in [0.25, 0.3) is 0 Å². The van der Waals surface area contributed by atoms with Crippen molar-refractivity contribution in [3.05, 3.63) is 24.3 Å². The van der Waals surface area contributed by atoms with Gasteiger partial charge in [-0.05, 0) is 38.5 Å². The Labute approximate surface area is 319 Å². The van der Waals surface area contributed by atoms with Crippen molar-refractivity contribution in [3.8, 4) is 0 Å². The lowest BCUT2D eigenvalue weighted by Gasteiger charge is -2.24. The zero-order valence-corrected chi connectivity index (χ0v) is 35.2. The molecule has 0 aliphatic heterocycles. The number of carbonyl (C=O) groups excluding carboxylic acids is 2. The van der Waals surface area contributed by atoms with Crippen molar-refractivity contribution >= 4 is 19.8 Å². The lowest BCUT2D eigenvalue weighted by Crippen LogP contribution is -2.37. The van der Waals surface area contributed by atoms with Crippen molar-refractivity contribution < 1.29 is 42.1 Å². The Morgan fingerprint density at radius 2 is 1.02 bits per heavy atom. The summed E-state index contributed by atoms with van der Waals surface area (Å²) in [7, 11) is 1.47. The molecule has 0 aliphatic rings. The molecule has 0 fully saturated rings. The third-order valence-electron chi connectivity index (χ3n) is 9.01. The highest BCUT2D eigenvalue weighted by Crippen LogP contribution is 2.43. The maximum Gasteiger partial charge on any atom is 0.472 e. The van der Waals surface area contributed by atoms with Crippen LogP contribution in [0.1, 0.15) is 181 Å². The quantitative estimate of drug-likeness (QED) is 0.0218. The van der Waals surface area contributed by atoms with Crippen LogP contribution in [0.3, 0.4) is 0 Å². The van der Waals surface area contributed by atoms with Gasteiger partial charge in [0.15, 0.2) is 6.10 Å². The first-order valence-corrected chi connectivity index (χ1v) is 22.6. The number of esters is 2. The van der Waals surface area contributed by atoms with Gasteiger partial charge in [-0.3, -0.25) is 18.6 Å². The molecule has 0 aromatic carbocycles. The monoisotopic (exact) mass is 759 g/mol. The Morgan fingerprint density at radius 3 is 1.50 bits per heavy atom. The molecule has 0 aromatic heterocycles. The van der Waals surface area contributed by atoms with Crippen LogP contribution < -0.4 is 0 Å². The van der Waals surface area contributed by atoms with E-state index >= 15 is 0 Å². The minimum Gasteiger partial charge on any atom is -0.462 e. The first-order chi connectivity index (χ1) is 25.0. The first kappa shape index (κ1) is 50.5. The molecule has 0 bridgehead atoms. The lowest BCUT2D eigenvalue weighted by molar-refractivity contribution is -0.870. The second-order valence-corrected chi connectivity index (χ2v) is 16.9. The largest absolute Gasteiger partial charge is 0.472 e. The number of likely N-dealkylation sites (N-methyl/N-ethyl adjacent to an activating group) is 1. The van der Waals surface area contributed by atoms with Crippen LogP contribution in [0.4, 0.5) is 0 Å². The number of allylic oxidation sites excluding steroid dienone is 4. The lowest BCUT2D eigenvalue weighted by atomic mass is 10.0. The van der Waals surface area contributed by atoms with Gasteiger partial charge in [0.2, 0.25) is 0 Å². The van der Waals surface area contributed by atoms with Crippen LogP contribution in [0.15, 0.2) is 24.3 Å². The maximum absolute atomic E-state index is 12.6. The van der Waals surface area contributed by atoms with E-state index in [2.05, 4.69) is 38.2 Å².